The fourth-order valence-electron chi connectivity index (χ4n) is 3.69. The van der Waals surface area contributed by atoms with Crippen molar-refractivity contribution in [3.8, 4) is 11.8 Å². The van der Waals surface area contributed by atoms with E-state index in [0.29, 0.717) is 12.0 Å². The summed E-state index contributed by atoms with van der Waals surface area (Å²) < 4.78 is 54.7. The molecule has 1 aliphatic rings. The van der Waals surface area contributed by atoms with Gasteiger partial charge in [0.15, 0.2) is 11.6 Å². The Hall–Kier alpha value is -2.28. The van der Waals surface area contributed by atoms with Crippen molar-refractivity contribution in [2.24, 2.45) is 5.92 Å². The highest BCUT2D eigenvalue weighted by molar-refractivity contribution is 5.39. The lowest BCUT2D eigenvalue weighted by molar-refractivity contribution is 0.383. The Kier molecular flexibility index (Phi) is 6.21. The van der Waals surface area contributed by atoms with Crippen molar-refractivity contribution in [3.63, 3.8) is 0 Å². The topological polar surface area (TPSA) is 0 Å². The molecule has 0 aromatic heterocycles. The minimum Gasteiger partial charge on any atom is -0.206 e. The Bertz CT molecular complexity index is 845. The van der Waals surface area contributed by atoms with Crippen LogP contribution in [0.5, 0.6) is 0 Å². The van der Waals surface area contributed by atoms with E-state index in [1.165, 1.54) is 18.2 Å². The van der Waals surface area contributed by atoms with E-state index in [2.05, 4.69) is 11.8 Å². The van der Waals surface area contributed by atoms with Crippen LogP contribution in [0.1, 0.15) is 61.6 Å². The van der Waals surface area contributed by atoms with E-state index in [-0.39, 0.29) is 17.4 Å². The van der Waals surface area contributed by atoms with Gasteiger partial charge in [-0.1, -0.05) is 31.3 Å². The summed E-state index contributed by atoms with van der Waals surface area (Å²) in [6.45, 7) is 1.96. The summed E-state index contributed by atoms with van der Waals surface area (Å²) >= 11 is 0. The predicted octanol–water partition coefficient (Wildman–Crippen LogP) is 6.52. The Balaban J connectivity index is 1.65. The molecule has 0 atom stereocenters. The molecule has 0 saturated heterocycles. The first-order valence-electron chi connectivity index (χ1n) is 9.42. The van der Waals surface area contributed by atoms with Gasteiger partial charge in [-0.15, -0.1) is 0 Å². The number of halogens is 4. The zero-order valence-corrected chi connectivity index (χ0v) is 15.3. The first kappa shape index (κ1) is 19.5. The molecular weight excluding hydrogens is 352 g/mol. The molecule has 0 nitrogen and oxygen atoms in total. The maximum atomic E-state index is 14.1. The SMILES string of the molecule is CCCc1cc(F)c(C#C[C@H]2CC[C@H](c3ccc(F)c(F)c3)CC2)c(F)c1. The smallest absolute Gasteiger partial charge is 0.159 e. The molecule has 0 heterocycles. The highest BCUT2D eigenvalue weighted by atomic mass is 19.2. The van der Waals surface area contributed by atoms with Crippen LogP contribution in [0, 0.1) is 41.0 Å². The first-order chi connectivity index (χ1) is 13.0. The van der Waals surface area contributed by atoms with Crippen molar-refractivity contribution in [1.82, 2.24) is 0 Å². The lowest BCUT2D eigenvalue weighted by Gasteiger charge is -2.26. The van der Waals surface area contributed by atoms with Gasteiger partial charge < -0.3 is 0 Å². The van der Waals surface area contributed by atoms with Gasteiger partial charge in [-0.2, -0.15) is 0 Å². The van der Waals surface area contributed by atoms with Gasteiger partial charge in [0.1, 0.15) is 11.6 Å². The minimum atomic E-state index is -0.840. The van der Waals surface area contributed by atoms with Crippen LogP contribution in [0.3, 0.4) is 0 Å². The molecule has 1 fully saturated rings. The number of hydrogen-bond acceptors (Lipinski definition) is 0. The van der Waals surface area contributed by atoms with E-state index in [1.54, 1.807) is 6.07 Å². The molecule has 0 unspecified atom stereocenters. The van der Waals surface area contributed by atoms with Crippen LogP contribution >= 0.6 is 0 Å². The van der Waals surface area contributed by atoms with Crippen molar-refractivity contribution in [2.45, 2.75) is 51.4 Å². The average molecular weight is 374 g/mol. The first-order valence-corrected chi connectivity index (χ1v) is 9.42. The molecule has 1 aliphatic carbocycles. The van der Waals surface area contributed by atoms with Gasteiger partial charge in [-0.05, 0) is 73.4 Å². The van der Waals surface area contributed by atoms with Crippen LogP contribution in [0.25, 0.3) is 0 Å². The monoisotopic (exact) mass is 374 g/mol. The van der Waals surface area contributed by atoms with Crippen molar-refractivity contribution >= 4 is 0 Å². The van der Waals surface area contributed by atoms with Crippen molar-refractivity contribution in [2.75, 3.05) is 0 Å². The molecule has 0 amide bonds. The van der Waals surface area contributed by atoms with Crippen LogP contribution in [-0.4, -0.2) is 0 Å². The van der Waals surface area contributed by atoms with Crippen LogP contribution in [0.2, 0.25) is 0 Å². The minimum absolute atomic E-state index is 0.0562. The van der Waals surface area contributed by atoms with Crippen LogP contribution in [0.15, 0.2) is 30.3 Å². The van der Waals surface area contributed by atoms with Crippen molar-refractivity contribution in [1.29, 1.82) is 0 Å². The second kappa shape index (κ2) is 8.61. The normalized spacial score (nSPS) is 19.4. The lowest BCUT2D eigenvalue weighted by Crippen LogP contribution is -2.12. The molecule has 3 rings (SSSR count). The molecule has 142 valence electrons. The molecule has 0 bridgehead atoms. The summed E-state index contributed by atoms with van der Waals surface area (Å²) in [6, 6.07) is 6.75. The third-order valence-corrected chi connectivity index (χ3v) is 5.18. The van der Waals surface area contributed by atoms with Crippen molar-refractivity contribution in [3.05, 3.63) is 70.3 Å². The van der Waals surface area contributed by atoms with Gasteiger partial charge in [0, 0.05) is 5.92 Å². The maximum absolute atomic E-state index is 14.1. The van der Waals surface area contributed by atoms with Crippen LogP contribution in [-0.2, 0) is 6.42 Å². The molecule has 0 N–H and O–H groups in total. The Morgan fingerprint density at radius 2 is 1.52 bits per heavy atom. The number of benzene rings is 2. The quantitative estimate of drug-likeness (QED) is 0.424. The van der Waals surface area contributed by atoms with E-state index in [1.807, 2.05) is 6.92 Å². The van der Waals surface area contributed by atoms with Gasteiger partial charge in [-0.3, -0.25) is 0 Å². The number of rotatable bonds is 3. The Morgan fingerprint density at radius 3 is 2.11 bits per heavy atom. The Morgan fingerprint density at radius 1 is 0.852 bits per heavy atom. The van der Waals surface area contributed by atoms with Gasteiger partial charge in [0.2, 0.25) is 0 Å². The molecule has 4 heteroatoms. The van der Waals surface area contributed by atoms with E-state index >= 15 is 0 Å². The third-order valence-electron chi connectivity index (χ3n) is 5.18. The molecule has 1 saturated carbocycles. The van der Waals surface area contributed by atoms with Crippen LogP contribution < -0.4 is 0 Å². The summed E-state index contributed by atoms with van der Waals surface area (Å²) in [5.41, 5.74) is 1.27. The molecule has 0 spiro atoms. The second-order valence-electron chi connectivity index (χ2n) is 7.18. The molecule has 0 aliphatic heterocycles. The average Bonchev–Trinajstić information content (AvgIpc) is 2.64. The highest BCUT2D eigenvalue weighted by Crippen LogP contribution is 2.36. The van der Waals surface area contributed by atoms with Gasteiger partial charge >= 0.3 is 0 Å². The summed E-state index contributed by atoms with van der Waals surface area (Å²) in [5.74, 6) is 3.02. The lowest BCUT2D eigenvalue weighted by atomic mass is 9.79. The predicted molar refractivity (Wildman–Crippen MR) is 98.3 cm³/mol. The summed E-state index contributed by atoms with van der Waals surface area (Å²) in [5, 5.41) is 0. The van der Waals surface area contributed by atoms with E-state index in [9.17, 15) is 17.6 Å². The zero-order chi connectivity index (χ0) is 19.4. The molecular formula is C23H22F4. The Labute approximate surface area is 157 Å². The fourth-order valence-corrected chi connectivity index (χ4v) is 3.69. The van der Waals surface area contributed by atoms with Crippen LogP contribution in [0.4, 0.5) is 17.6 Å². The van der Waals surface area contributed by atoms with Gasteiger partial charge in [-0.25, -0.2) is 17.6 Å². The zero-order valence-electron chi connectivity index (χ0n) is 15.3. The number of aryl methyl sites for hydroxylation is 1. The molecule has 0 radical (unpaired) electrons. The maximum Gasteiger partial charge on any atom is 0.159 e. The summed E-state index contributed by atoms with van der Waals surface area (Å²) in [6.07, 6.45) is 4.60. The largest absolute Gasteiger partial charge is 0.206 e. The standard InChI is InChI=1S/C23H22F4/c1-2-3-16-12-21(25)19(22(26)13-16)10-6-15-4-7-17(8-5-15)18-9-11-20(24)23(27)14-18/h9,11-15,17H,2-5,7-8H2,1H3/t15-,17-. The van der Waals surface area contributed by atoms with Gasteiger partial charge in [0.25, 0.3) is 0 Å². The van der Waals surface area contributed by atoms with E-state index < -0.39 is 23.3 Å². The molecule has 2 aromatic rings. The van der Waals surface area contributed by atoms with E-state index in [0.717, 1.165) is 43.7 Å². The van der Waals surface area contributed by atoms with Gasteiger partial charge in [0.05, 0.1) is 5.56 Å². The third kappa shape index (κ3) is 4.71. The second-order valence-corrected chi connectivity index (χ2v) is 7.18. The highest BCUT2D eigenvalue weighted by Gasteiger charge is 2.22. The molecule has 2 aromatic carbocycles. The summed E-state index contributed by atoms with van der Waals surface area (Å²) in [7, 11) is 0. The van der Waals surface area contributed by atoms with E-state index in [4.69, 9.17) is 0 Å². The fraction of sp³-hybridized carbons (Fsp3) is 0.391. The number of hydrogen-bond donors (Lipinski definition) is 0. The summed E-state index contributed by atoms with van der Waals surface area (Å²) in [4.78, 5) is 0. The van der Waals surface area contributed by atoms with Crippen molar-refractivity contribution < 1.29 is 17.6 Å². The molecule has 27 heavy (non-hydrogen) atoms.